The van der Waals surface area contributed by atoms with Crippen LogP contribution in [-0.4, -0.2) is 27.6 Å². The van der Waals surface area contributed by atoms with Crippen LogP contribution in [-0.2, 0) is 0 Å². The summed E-state index contributed by atoms with van der Waals surface area (Å²) in [6.45, 7) is 6.74. The average molecular weight is 370 g/mol. The second-order valence-corrected chi connectivity index (χ2v) is 6.49. The van der Waals surface area contributed by atoms with Gasteiger partial charge in [0.1, 0.15) is 5.82 Å². The molecule has 0 aliphatic rings. The third-order valence-electron chi connectivity index (χ3n) is 3.80. The summed E-state index contributed by atoms with van der Waals surface area (Å²) in [6, 6.07) is 9.62. The second-order valence-electron chi connectivity index (χ2n) is 6.08. The fourth-order valence-electron chi connectivity index (χ4n) is 2.71. The maximum atomic E-state index is 12.4. The Labute approximate surface area is 157 Å². The summed E-state index contributed by atoms with van der Waals surface area (Å²) in [6.07, 6.45) is 1.48. The molecule has 1 amide bonds. The van der Waals surface area contributed by atoms with Gasteiger partial charge in [-0.3, -0.25) is 9.89 Å². The molecule has 3 aromatic rings. The van der Waals surface area contributed by atoms with Crippen molar-refractivity contribution in [3.05, 3.63) is 58.2 Å². The van der Waals surface area contributed by atoms with E-state index in [2.05, 4.69) is 44.0 Å². The fraction of sp³-hybridized carbons (Fsp3) is 0.211. The number of amides is 1. The molecule has 0 unspecified atom stereocenters. The van der Waals surface area contributed by atoms with Crippen molar-refractivity contribution in [3.8, 4) is 11.3 Å². The molecule has 134 valence electrons. The first-order chi connectivity index (χ1) is 12.5. The van der Waals surface area contributed by atoms with E-state index in [1.54, 1.807) is 12.1 Å². The van der Waals surface area contributed by atoms with E-state index >= 15 is 0 Å². The topological polar surface area (TPSA) is 82.7 Å². The highest BCUT2D eigenvalue weighted by Crippen LogP contribution is 2.23. The number of nitrogens with zero attached hydrogens (tertiary/aromatic N) is 2. The molecule has 6 nitrogen and oxygen atoms in total. The molecular formula is C19H20ClN5O. The minimum atomic E-state index is -0.319. The summed E-state index contributed by atoms with van der Waals surface area (Å²) < 4.78 is 0. The largest absolute Gasteiger partial charge is 0.369 e. The standard InChI is InChI=1S/C19H20ClN5O/c1-4-21-18-15(20)8-14(10-22-18)19(26)23-17-9-16(24-25-17)13-6-11(2)5-12(3)7-13/h5-10H,4H2,1-3H3,(H,21,22)(H2,23,24,25,26). The Kier molecular flexibility index (Phi) is 5.23. The van der Waals surface area contributed by atoms with Gasteiger partial charge in [0, 0.05) is 24.4 Å². The number of carbonyl (C=O) groups excluding carboxylic acids is 1. The van der Waals surface area contributed by atoms with Crippen molar-refractivity contribution in [2.24, 2.45) is 0 Å². The van der Waals surface area contributed by atoms with Crippen molar-refractivity contribution in [3.63, 3.8) is 0 Å². The Morgan fingerprint density at radius 3 is 2.54 bits per heavy atom. The maximum absolute atomic E-state index is 12.4. The third-order valence-corrected chi connectivity index (χ3v) is 4.09. The van der Waals surface area contributed by atoms with Crippen LogP contribution < -0.4 is 10.6 Å². The molecular weight excluding hydrogens is 350 g/mol. The highest BCUT2D eigenvalue weighted by molar-refractivity contribution is 6.33. The lowest BCUT2D eigenvalue weighted by molar-refractivity contribution is 0.102. The van der Waals surface area contributed by atoms with Crippen molar-refractivity contribution < 1.29 is 4.79 Å². The van der Waals surface area contributed by atoms with Crippen LogP contribution in [0.15, 0.2) is 36.5 Å². The monoisotopic (exact) mass is 369 g/mol. The van der Waals surface area contributed by atoms with E-state index in [1.165, 1.54) is 17.3 Å². The van der Waals surface area contributed by atoms with Gasteiger partial charge >= 0.3 is 0 Å². The van der Waals surface area contributed by atoms with E-state index in [4.69, 9.17) is 11.6 Å². The molecule has 7 heteroatoms. The van der Waals surface area contributed by atoms with Crippen LogP contribution in [0.5, 0.6) is 0 Å². The molecule has 0 radical (unpaired) electrons. The molecule has 3 rings (SSSR count). The first-order valence-corrected chi connectivity index (χ1v) is 8.69. The van der Waals surface area contributed by atoms with Gasteiger partial charge in [0.05, 0.1) is 16.3 Å². The van der Waals surface area contributed by atoms with E-state index in [9.17, 15) is 4.79 Å². The summed E-state index contributed by atoms with van der Waals surface area (Å²) >= 11 is 6.14. The fourth-order valence-corrected chi connectivity index (χ4v) is 2.95. The number of H-pyrrole nitrogens is 1. The number of rotatable bonds is 5. The normalized spacial score (nSPS) is 10.6. The number of aromatic nitrogens is 3. The Morgan fingerprint density at radius 2 is 1.88 bits per heavy atom. The first-order valence-electron chi connectivity index (χ1n) is 8.31. The molecule has 2 heterocycles. The van der Waals surface area contributed by atoms with Gasteiger partial charge in [0.25, 0.3) is 5.91 Å². The van der Waals surface area contributed by atoms with Gasteiger partial charge in [0.15, 0.2) is 5.82 Å². The van der Waals surface area contributed by atoms with Gasteiger partial charge in [-0.1, -0.05) is 28.8 Å². The van der Waals surface area contributed by atoms with Gasteiger partial charge in [-0.15, -0.1) is 0 Å². The number of nitrogens with one attached hydrogen (secondary N) is 3. The lowest BCUT2D eigenvalue weighted by atomic mass is 10.1. The van der Waals surface area contributed by atoms with Crippen LogP contribution in [0.4, 0.5) is 11.6 Å². The van der Waals surface area contributed by atoms with Crippen molar-refractivity contribution in [1.82, 2.24) is 15.2 Å². The highest BCUT2D eigenvalue weighted by Gasteiger charge is 2.12. The second kappa shape index (κ2) is 7.58. The highest BCUT2D eigenvalue weighted by atomic mass is 35.5. The van der Waals surface area contributed by atoms with Crippen molar-refractivity contribution >= 4 is 29.1 Å². The maximum Gasteiger partial charge on any atom is 0.258 e. The van der Waals surface area contributed by atoms with Crippen LogP contribution in [0.25, 0.3) is 11.3 Å². The Morgan fingerprint density at radius 1 is 1.15 bits per heavy atom. The number of benzene rings is 1. The molecule has 0 atom stereocenters. The average Bonchev–Trinajstić information content (AvgIpc) is 3.04. The third kappa shape index (κ3) is 4.03. The molecule has 0 saturated carbocycles. The van der Waals surface area contributed by atoms with Gasteiger partial charge in [-0.05, 0) is 39.0 Å². The summed E-state index contributed by atoms with van der Waals surface area (Å²) in [5, 5.41) is 13.3. The van der Waals surface area contributed by atoms with Gasteiger partial charge in [0.2, 0.25) is 0 Å². The van der Waals surface area contributed by atoms with Crippen molar-refractivity contribution in [2.75, 3.05) is 17.2 Å². The van der Waals surface area contributed by atoms with Crippen LogP contribution in [0.2, 0.25) is 5.02 Å². The Balaban J connectivity index is 1.76. The first kappa shape index (κ1) is 17.9. The number of aromatic amines is 1. The molecule has 2 aromatic heterocycles. The molecule has 0 spiro atoms. The number of halogens is 1. The minimum Gasteiger partial charge on any atom is -0.369 e. The van der Waals surface area contributed by atoms with E-state index < -0.39 is 0 Å². The zero-order valence-corrected chi connectivity index (χ0v) is 15.6. The summed E-state index contributed by atoms with van der Waals surface area (Å²) in [7, 11) is 0. The molecule has 0 saturated heterocycles. The van der Waals surface area contributed by atoms with Gasteiger partial charge < -0.3 is 10.6 Å². The predicted octanol–water partition coefficient (Wildman–Crippen LogP) is 4.43. The zero-order chi connectivity index (χ0) is 18.7. The van der Waals surface area contributed by atoms with Crippen LogP contribution in [0, 0.1) is 13.8 Å². The van der Waals surface area contributed by atoms with E-state index in [1.807, 2.05) is 20.8 Å². The SMILES string of the molecule is CCNc1ncc(C(=O)Nc2cc(-c3cc(C)cc(C)c3)[nH]n2)cc1Cl. The molecule has 0 bridgehead atoms. The van der Waals surface area contributed by atoms with E-state index in [-0.39, 0.29) is 5.91 Å². The molecule has 0 aliphatic carbocycles. The van der Waals surface area contributed by atoms with Gasteiger partial charge in [-0.25, -0.2) is 4.98 Å². The molecule has 0 fully saturated rings. The van der Waals surface area contributed by atoms with Crippen molar-refractivity contribution in [1.29, 1.82) is 0 Å². The Bertz CT molecular complexity index is 931. The lowest BCUT2D eigenvalue weighted by Gasteiger charge is -2.06. The number of anilines is 2. The summed E-state index contributed by atoms with van der Waals surface area (Å²) in [5.41, 5.74) is 4.57. The number of hydrogen-bond donors (Lipinski definition) is 3. The molecule has 26 heavy (non-hydrogen) atoms. The molecule has 3 N–H and O–H groups in total. The number of hydrogen-bond acceptors (Lipinski definition) is 4. The molecule has 1 aromatic carbocycles. The van der Waals surface area contributed by atoms with E-state index in [0.29, 0.717) is 28.8 Å². The van der Waals surface area contributed by atoms with Crippen molar-refractivity contribution in [2.45, 2.75) is 20.8 Å². The smallest absolute Gasteiger partial charge is 0.258 e. The summed E-state index contributed by atoms with van der Waals surface area (Å²) in [5.74, 6) is 0.680. The zero-order valence-electron chi connectivity index (χ0n) is 14.9. The minimum absolute atomic E-state index is 0.319. The van der Waals surface area contributed by atoms with Gasteiger partial charge in [-0.2, -0.15) is 5.10 Å². The number of carbonyl (C=O) groups is 1. The van der Waals surface area contributed by atoms with E-state index in [0.717, 1.165) is 11.3 Å². The summed E-state index contributed by atoms with van der Waals surface area (Å²) in [4.78, 5) is 16.6. The quantitative estimate of drug-likeness (QED) is 0.621. The Hall–Kier alpha value is -2.86. The molecule has 0 aliphatic heterocycles. The van der Waals surface area contributed by atoms with Crippen LogP contribution in [0.1, 0.15) is 28.4 Å². The van der Waals surface area contributed by atoms with Crippen LogP contribution in [0.3, 0.4) is 0 Å². The lowest BCUT2D eigenvalue weighted by Crippen LogP contribution is -2.13. The van der Waals surface area contributed by atoms with Crippen LogP contribution >= 0.6 is 11.6 Å². The number of pyridine rings is 1. The predicted molar refractivity (Wildman–Crippen MR) is 105 cm³/mol. The number of aryl methyl sites for hydroxylation is 2.